The second-order valence-electron chi connectivity index (χ2n) is 6.36. The normalized spacial score (nSPS) is 13.7. The summed E-state index contributed by atoms with van der Waals surface area (Å²) in [7, 11) is 0. The quantitative estimate of drug-likeness (QED) is 0.476. The van der Waals surface area contributed by atoms with Crippen molar-refractivity contribution in [2.24, 2.45) is 0 Å². The molecule has 0 atom stereocenters. The highest BCUT2D eigenvalue weighted by Crippen LogP contribution is 2.20. The Bertz CT molecular complexity index is 865. The maximum atomic E-state index is 12.7. The predicted molar refractivity (Wildman–Crippen MR) is 96.4 cm³/mol. The van der Waals surface area contributed by atoms with Crippen LogP contribution in [0, 0.1) is 0 Å². The summed E-state index contributed by atoms with van der Waals surface area (Å²) in [6, 6.07) is 20.3. The van der Waals surface area contributed by atoms with Gasteiger partial charge in [0.05, 0.1) is 0 Å². The van der Waals surface area contributed by atoms with Gasteiger partial charge in [0.2, 0.25) is 17.8 Å². The fourth-order valence-corrected chi connectivity index (χ4v) is 3.44. The molecule has 25 heavy (non-hydrogen) atoms. The molecule has 4 heteroatoms. The standard InChI is InChI=1S/C21H21N2O.BrH/c24-21(16-23-15-5-7-17-6-1-2-8-20(17)23)18-9-11-19(12-10-18)22-13-3-4-14-22;/h1-2,5-12,15H,3-4,13-14,16H2;1H/q+1;/p-1. The monoisotopic (exact) mass is 396 g/mol. The number of aromatic nitrogens is 1. The van der Waals surface area contributed by atoms with Crippen molar-refractivity contribution in [1.29, 1.82) is 0 Å². The minimum atomic E-state index is 0. The lowest BCUT2D eigenvalue weighted by Gasteiger charge is -2.17. The summed E-state index contributed by atoms with van der Waals surface area (Å²) in [6.45, 7) is 2.61. The van der Waals surface area contributed by atoms with Crippen LogP contribution in [-0.4, -0.2) is 18.9 Å². The highest BCUT2D eigenvalue weighted by molar-refractivity contribution is 5.95. The number of Topliss-reactive ketones (excluding diaryl/α,β-unsaturated/α-hetero) is 1. The lowest BCUT2D eigenvalue weighted by Crippen LogP contribution is -3.00. The molecule has 1 aliphatic heterocycles. The first-order valence-electron chi connectivity index (χ1n) is 8.57. The molecule has 4 rings (SSSR count). The summed E-state index contributed by atoms with van der Waals surface area (Å²) >= 11 is 0. The number of nitrogens with zero attached hydrogens (tertiary/aromatic N) is 2. The fraction of sp³-hybridized carbons (Fsp3) is 0.238. The van der Waals surface area contributed by atoms with Crippen molar-refractivity contribution in [3.63, 3.8) is 0 Å². The number of benzene rings is 2. The van der Waals surface area contributed by atoms with Gasteiger partial charge in [0.15, 0.2) is 6.20 Å². The molecular weight excluding hydrogens is 376 g/mol. The minimum Gasteiger partial charge on any atom is -1.00 e. The van der Waals surface area contributed by atoms with Crippen LogP contribution in [0.1, 0.15) is 23.2 Å². The van der Waals surface area contributed by atoms with Gasteiger partial charge < -0.3 is 21.9 Å². The lowest BCUT2D eigenvalue weighted by atomic mass is 10.1. The van der Waals surface area contributed by atoms with E-state index in [1.54, 1.807) is 0 Å². The molecule has 1 fully saturated rings. The van der Waals surface area contributed by atoms with Crippen LogP contribution in [0.15, 0.2) is 66.9 Å². The van der Waals surface area contributed by atoms with Crippen LogP contribution in [0.25, 0.3) is 10.9 Å². The van der Waals surface area contributed by atoms with Crippen LogP contribution >= 0.6 is 0 Å². The number of halogens is 1. The summed E-state index contributed by atoms with van der Waals surface area (Å²) in [4.78, 5) is 15.0. The summed E-state index contributed by atoms with van der Waals surface area (Å²) in [5.41, 5.74) is 3.09. The van der Waals surface area contributed by atoms with Gasteiger partial charge >= 0.3 is 0 Å². The van der Waals surface area contributed by atoms with Gasteiger partial charge in [0.1, 0.15) is 0 Å². The van der Waals surface area contributed by atoms with E-state index < -0.39 is 0 Å². The summed E-state index contributed by atoms with van der Waals surface area (Å²) in [5, 5.41) is 1.15. The Labute approximate surface area is 158 Å². The van der Waals surface area contributed by atoms with E-state index in [0.717, 1.165) is 29.6 Å². The van der Waals surface area contributed by atoms with Crippen molar-refractivity contribution in [1.82, 2.24) is 0 Å². The molecule has 0 bridgehead atoms. The van der Waals surface area contributed by atoms with Gasteiger partial charge in [0.25, 0.3) is 0 Å². The molecule has 0 amide bonds. The largest absolute Gasteiger partial charge is 1.00 e. The minimum absolute atomic E-state index is 0. The number of para-hydroxylation sites is 1. The first-order valence-corrected chi connectivity index (χ1v) is 8.57. The zero-order valence-corrected chi connectivity index (χ0v) is 15.7. The van der Waals surface area contributed by atoms with Crippen LogP contribution in [-0.2, 0) is 6.54 Å². The van der Waals surface area contributed by atoms with Crippen molar-refractivity contribution in [3.05, 3.63) is 72.4 Å². The molecule has 1 aromatic heterocycles. The Morgan fingerprint density at radius 1 is 0.920 bits per heavy atom. The molecule has 2 heterocycles. The van der Waals surface area contributed by atoms with Crippen LogP contribution in [0.2, 0.25) is 0 Å². The van der Waals surface area contributed by atoms with Gasteiger partial charge in [-0.2, -0.15) is 4.57 Å². The Hall–Kier alpha value is -2.20. The molecule has 3 aromatic rings. The summed E-state index contributed by atoms with van der Waals surface area (Å²) in [6.07, 6.45) is 4.50. The first-order chi connectivity index (χ1) is 11.8. The average Bonchev–Trinajstić information content (AvgIpc) is 3.17. The molecule has 0 radical (unpaired) electrons. The van der Waals surface area contributed by atoms with Gasteiger partial charge in [-0.25, -0.2) is 0 Å². The predicted octanol–water partition coefficient (Wildman–Crippen LogP) is 0.614. The Balaban J connectivity index is 0.00000182. The first kappa shape index (κ1) is 17.6. The van der Waals surface area contributed by atoms with E-state index in [1.165, 1.54) is 18.5 Å². The van der Waals surface area contributed by atoms with Crippen molar-refractivity contribution < 1.29 is 26.3 Å². The third kappa shape index (κ3) is 3.74. The number of anilines is 1. The van der Waals surface area contributed by atoms with Crippen molar-refractivity contribution in [3.8, 4) is 0 Å². The van der Waals surface area contributed by atoms with E-state index >= 15 is 0 Å². The number of rotatable bonds is 4. The maximum Gasteiger partial charge on any atom is 0.227 e. The SMILES string of the molecule is O=C(C[n+]1cccc2ccccc21)c1ccc(N2CCCC2)cc1.[Br-]. The van der Waals surface area contributed by atoms with Gasteiger partial charge in [-0.05, 0) is 49.2 Å². The Morgan fingerprint density at radius 3 is 2.36 bits per heavy atom. The van der Waals surface area contributed by atoms with Crippen LogP contribution in [0.5, 0.6) is 0 Å². The van der Waals surface area contributed by atoms with Crippen molar-refractivity contribution in [2.45, 2.75) is 19.4 Å². The molecule has 1 saturated heterocycles. The molecule has 1 aliphatic rings. The van der Waals surface area contributed by atoms with Crippen molar-refractivity contribution >= 4 is 22.4 Å². The van der Waals surface area contributed by atoms with Crippen LogP contribution in [0.3, 0.4) is 0 Å². The number of hydrogen-bond acceptors (Lipinski definition) is 2. The lowest BCUT2D eigenvalue weighted by molar-refractivity contribution is -0.657. The number of carbonyl (C=O) groups is 1. The zero-order valence-electron chi connectivity index (χ0n) is 14.1. The molecule has 0 unspecified atom stereocenters. The molecule has 0 saturated carbocycles. The van der Waals surface area contributed by atoms with E-state index in [4.69, 9.17) is 0 Å². The van der Waals surface area contributed by atoms with E-state index in [9.17, 15) is 4.79 Å². The number of carbonyl (C=O) groups excluding carboxylic acids is 1. The van der Waals surface area contributed by atoms with E-state index in [-0.39, 0.29) is 22.8 Å². The highest BCUT2D eigenvalue weighted by atomic mass is 79.9. The number of ketones is 1. The van der Waals surface area contributed by atoms with Gasteiger partial charge in [-0.15, -0.1) is 0 Å². The molecular formula is C21H21BrN2O. The third-order valence-corrected chi connectivity index (χ3v) is 4.76. The number of pyridine rings is 1. The van der Waals surface area contributed by atoms with Crippen LogP contribution in [0.4, 0.5) is 5.69 Å². The highest BCUT2D eigenvalue weighted by Gasteiger charge is 2.16. The number of fused-ring (bicyclic) bond motifs is 1. The van der Waals surface area contributed by atoms with Gasteiger partial charge in [-0.3, -0.25) is 4.79 Å². The molecule has 0 aliphatic carbocycles. The second-order valence-corrected chi connectivity index (χ2v) is 6.36. The second kappa shape index (κ2) is 7.79. The molecule has 0 spiro atoms. The molecule has 2 aromatic carbocycles. The van der Waals surface area contributed by atoms with E-state index in [0.29, 0.717) is 6.54 Å². The summed E-state index contributed by atoms with van der Waals surface area (Å²) < 4.78 is 2.02. The smallest absolute Gasteiger partial charge is 0.227 e. The number of hydrogen-bond donors (Lipinski definition) is 0. The fourth-order valence-electron chi connectivity index (χ4n) is 3.44. The topological polar surface area (TPSA) is 24.2 Å². The van der Waals surface area contributed by atoms with E-state index in [1.807, 2.05) is 41.1 Å². The third-order valence-electron chi connectivity index (χ3n) is 4.76. The zero-order chi connectivity index (χ0) is 16.4. The average molecular weight is 397 g/mol. The van der Waals surface area contributed by atoms with Gasteiger partial charge in [0, 0.05) is 41.9 Å². The molecule has 0 N–H and O–H groups in total. The van der Waals surface area contributed by atoms with E-state index in [2.05, 4.69) is 35.2 Å². The Kier molecular flexibility index (Phi) is 5.49. The van der Waals surface area contributed by atoms with Gasteiger partial charge in [-0.1, -0.05) is 12.1 Å². The molecule has 3 nitrogen and oxygen atoms in total. The van der Waals surface area contributed by atoms with Crippen LogP contribution < -0.4 is 26.4 Å². The van der Waals surface area contributed by atoms with Crippen molar-refractivity contribution in [2.75, 3.05) is 18.0 Å². The molecule has 128 valence electrons. The maximum absolute atomic E-state index is 12.7. The summed E-state index contributed by atoms with van der Waals surface area (Å²) in [5.74, 6) is 0.143. The Morgan fingerprint density at radius 2 is 1.60 bits per heavy atom.